The molecule has 1 aromatic carbocycles. The molecule has 0 aliphatic carbocycles. The number of carbonyl (C=O) groups is 1. The molecule has 4 rings (SSSR count). The lowest BCUT2D eigenvalue weighted by Gasteiger charge is -2.02. The number of aryl methyl sites for hydroxylation is 2. The molecule has 1 amide bonds. The van der Waals surface area contributed by atoms with E-state index in [9.17, 15) is 4.79 Å². The lowest BCUT2D eigenvalue weighted by molar-refractivity contribution is 0.103. The van der Waals surface area contributed by atoms with E-state index in [1.54, 1.807) is 0 Å². The molecular formula is C19H16N4OS2. The number of amides is 1. The van der Waals surface area contributed by atoms with E-state index in [0.29, 0.717) is 15.7 Å². The van der Waals surface area contributed by atoms with Crippen molar-refractivity contribution in [3.63, 3.8) is 0 Å². The highest BCUT2D eigenvalue weighted by atomic mass is 32.1. The quantitative estimate of drug-likeness (QED) is 0.546. The average molecular weight is 380 g/mol. The Kier molecular flexibility index (Phi) is 4.40. The molecule has 0 fully saturated rings. The van der Waals surface area contributed by atoms with E-state index in [1.165, 1.54) is 22.7 Å². The summed E-state index contributed by atoms with van der Waals surface area (Å²) in [6.07, 6.45) is 3.84. The minimum atomic E-state index is -0.187. The predicted octanol–water partition coefficient (Wildman–Crippen LogP) is 4.93. The van der Waals surface area contributed by atoms with Gasteiger partial charge in [0.15, 0.2) is 10.3 Å². The topological polar surface area (TPSA) is 59.8 Å². The van der Waals surface area contributed by atoms with Crippen molar-refractivity contribution in [1.82, 2.24) is 14.5 Å². The SMILES string of the molecule is Cc1nc(NC(=O)c2sc(-n3cccc3)nc2-c2ccccc2)sc1C. The van der Waals surface area contributed by atoms with Gasteiger partial charge in [-0.3, -0.25) is 10.1 Å². The van der Waals surface area contributed by atoms with Gasteiger partial charge in [0.2, 0.25) is 0 Å². The number of nitrogens with one attached hydrogen (secondary N) is 1. The molecule has 0 radical (unpaired) electrons. The van der Waals surface area contributed by atoms with Crippen molar-refractivity contribution < 1.29 is 4.79 Å². The number of nitrogens with zero attached hydrogens (tertiary/aromatic N) is 3. The van der Waals surface area contributed by atoms with Gasteiger partial charge in [-0.25, -0.2) is 9.97 Å². The molecule has 0 spiro atoms. The molecule has 130 valence electrons. The summed E-state index contributed by atoms with van der Waals surface area (Å²) in [5, 5.41) is 4.28. The van der Waals surface area contributed by atoms with Crippen LogP contribution in [0.1, 0.15) is 20.2 Å². The minimum absolute atomic E-state index is 0.187. The van der Waals surface area contributed by atoms with Gasteiger partial charge in [-0.15, -0.1) is 11.3 Å². The fourth-order valence-corrected chi connectivity index (χ4v) is 4.27. The van der Waals surface area contributed by atoms with E-state index >= 15 is 0 Å². The Morgan fingerprint density at radius 1 is 1.00 bits per heavy atom. The number of hydrogen-bond donors (Lipinski definition) is 1. The number of benzene rings is 1. The fourth-order valence-electron chi connectivity index (χ4n) is 2.51. The number of aromatic nitrogens is 3. The van der Waals surface area contributed by atoms with Gasteiger partial charge in [0.25, 0.3) is 5.91 Å². The van der Waals surface area contributed by atoms with Crippen LogP contribution in [0.3, 0.4) is 0 Å². The highest BCUT2D eigenvalue weighted by molar-refractivity contribution is 7.17. The maximum atomic E-state index is 12.9. The highest BCUT2D eigenvalue weighted by Crippen LogP contribution is 2.31. The van der Waals surface area contributed by atoms with Crippen LogP contribution in [0.25, 0.3) is 16.4 Å². The fraction of sp³-hybridized carbons (Fsp3) is 0.105. The van der Waals surface area contributed by atoms with Crippen LogP contribution in [0.15, 0.2) is 54.9 Å². The molecule has 0 aliphatic rings. The first-order chi connectivity index (χ1) is 12.6. The first-order valence-corrected chi connectivity index (χ1v) is 9.70. The molecule has 0 saturated heterocycles. The third-order valence-electron chi connectivity index (χ3n) is 3.94. The average Bonchev–Trinajstić information content (AvgIpc) is 3.36. The molecule has 4 aromatic rings. The first kappa shape index (κ1) is 16.7. The second-order valence-corrected chi connectivity index (χ2v) is 7.93. The van der Waals surface area contributed by atoms with Crippen molar-refractivity contribution in [1.29, 1.82) is 0 Å². The zero-order valence-corrected chi connectivity index (χ0v) is 15.9. The predicted molar refractivity (Wildman–Crippen MR) is 106 cm³/mol. The number of carbonyl (C=O) groups excluding carboxylic acids is 1. The monoisotopic (exact) mass is 380 g/mol. The standard InChI is InChI=1S/C19H16N4OS2/c1-12-13(2)25-18(20-12)22-17(24)16-15(14-8-4-3-5-9-14)21-19(26-16)23-10-6-7-11-23/h3-11H,1-2H3,(H,20,22,24). The number of rotatable bonds is 4. The van der Waals surface area contributed by atoms with Crippen LogP contribution in [-0.4, -0.2) is 20.4 Å². The van der Waals surface area contributed by atoms with Crippen LogP contribution in [0.2, 0.25) is 0 Å². The lowest BCUT2D eigenvalue weighted by atomic mass is 10.1. The molecule has 26 heavy (non-hydrogen) atoms. The Bertz CT molecular complexity index is 1030. The van der Waals surface area contributed by atoms with Gasteiger partial charge in [0, 0.05) is 22.8 Å². The zero-order valence-electron chi connectivity index (χ0n) is 14.3. The summed E-state index contributed by atoms with van der Waals surface area (Å²) in [6, 6.07) is 13.6. The normalized spacial score (nSPS) is 10.8. The van der Waals surface area contributed by atoms with E-state index in [0.717, 1.165) is 21.3 Å². The Labute approximate surface area is 159 Å². The number of thiazole rings is 2. The Hall–Kier alpha value is -2.77. The molecular weight excluding hydrogens is 364 g/mol. The van der Waals surface area contributed by atoms with Crippen molar-refractivity contribution in [2.75, 3.05) is 5.32 Å². The molecule has 0 bridgehead atoms. The van der Waals surface area contributed by atoms with Crippen LogP contribution in [-0.2, 0) is 0 Å². The molecule has 0 saturated carbocycles. The summed E-state index contributed by atoms with van der Waals surface area (Å²) in [6.45, 7) is 3.93. The van der Waals surface area contributed by atoms with Gasteiger partial charge < -0.3 is 4.57 Å². The molecule has 3 aromatic heterocycles. The van der Waals surface area contributed by atoms with Gasteiger partial charge in [-0.1, -0.05) is 41.7 Å². The molecule has 7 heteroatoms. The molecule has 0 atom stereocenters. The smallest absolute Gasteiger partial charge is 0.269 e. The van der Waals surface area contributed by atoms with E-state index < -0.39 is 0 Å². The van der Waals surface area contributed by atoms with Crippen LogP contribution < -0.4 is 5.32 Å². The van der Waals surface area contributed by atoms with Crippen molar-refractivity contribution in [2.45, 2.75) is 13.8 Å². The second kappa shape index (κ2) is 6.86. The van der Waals surface area contributed by atoms with Crippen LogP contribution in [0.4, 0.5) is 5.13 Å². The largest absolute Gasteiger partial charge is 0.300 e. The molecule has 5 nitrogen and oxygen atoms in total. The minimum Gasteiger partial charge on any atom is -0.300 e. The van der Waals surface area contributed by atoms with Crippen LogP contribution in [0.5, 0.6) is 0 Å². The molecule has 0 unspecified atom stereocenters. The Morgan fingerprint density at radius 2 is 1.73 bits per heavy atom. The van der Waals surface area contributed by atoms with Gasteiger partial charge in [-0.2, -0.15) is 0 Å². The van der Waals surface area contributed by atoms with E-state index in [2.05, 4.69) is 10.3 Å². The summed E-state index contributed by atoms with van der Waals surface area (Å²) in [5.41, 5.74) is 2.53. The summed E-state index contributed by atoms with van der Waals surface area (Å²) < 4.78 is 1.91. The summed E-state index contributed by atoms with van der Waals surface area (Å²) in [4.78, 5) is 23.7. The van der Waals surface area contributed by atoms with Gasteiger partial charge in [0.05, 0.1) is 11.4 Å². The van der Waals surface area contributed by atoms with E-state index in [1.807, 2.05) is 73.3 Å². The highest BCUT2D eigenvalue weighted by Gasteiger charge is 2.21. The van der Waals surface area contributed by atoms with Crippen molar-refractivity contribution >= 4 is 33.7 Å². The Balaban J connectivity index is 1.74. The molecule has 3 heterocycles. The maximum absolute atomic E-state index is 12.9. The third-order valence-corrected chi connectivity index (χ3v) is 6.00. The zero-order chi connectivity index (χ0) is 18.1. The van der Waals surface area contributed by atoms with Crippen LogP contribution >= 0.6 is 22.7 Å². The van der Waals surface area contributed by atoms with Crippen molar-refractivity contribution in [3.8, 4) is 16.4 Å². The number of hydrogen-bond acceptors (Lipinski definition) is 5. The summed E-state index contributed by atoms with van der Waals surface area (Å²) in [5.74, 6) is -0.187. The molecule has 1 N–H and O–H groups in total. The summed E-state index contributed by atoms with van der Waals surface area (Å²) in [7, 11) is 0. The molecule has 0 aliphatic heterocycles. The lowest BCUT2D eigenvalue weighted by Crippen LogP contribution is -2.11. The van der Waals surface area contributed by atoms with Gasteiger partial charge >= 0.3 is 0 Å². The number of anilines is 1. The summed E-state index contributed by atoms with van der Waals surface area (Å²) >= 11 is 2.85. The third kappa shape index (κ3) is 3.18. The van der Waals surface area contributed by atoms with Crippen LogP contribution in [0, 0.1) is 13.8 Å². The van der Waals surface area contributed by atoms with Crippen molar-refractivity contribution in [3.05, 3.63) is 70.3 Å². The van der Waals surface area contributed by atoms with Gasteiger partial charge in [-0.05, 0) is 26.0 Å². The van der Waals surface area contributed by atoms with Gasteiger partial charge in [0.1, 0.15) is 4.88 Å². The van der Waals surface area contributed by atoms with E-state index in [4.69, 9.17) is 4.98 Å². The van der Waals surface area contributed by atoms with Crippen molar-refractivity contribution in [2.24, 2.45) is 0 Å². The first-order valence-electron chi connectivity index (χ1n) is 8.07. The van der Waals surface area contributed by atoms with E-state index in [-0.39, 0.29) is 5.91 Å². The Morgan fingerprint density at radius 3 is 2.38 bits per heavy atom. The maximum Gasteiger partial charge on any atom is 0.269 e. The second-order valence-electron chi connectivity index (χ2n) is 5.75.